The summed E-state index contributed by atoms with van der Waals surface area (Å²) in [7, 11) is 0. The lowest BCUT2D eigenvalue weighted by Crippen LogP contribution is -2.33. The predicted octanol–water partition coefficient (Wildman–Crippen LogP) is 2.94. The molecule has 9 heteroatoms. The third-order valence-corrected chi connectivity index (χ3v) is 4.21. The number of amides is 1. The Bertz CT molecular complexity index is 580. The Balaban J connectivity index is 0.00000312. The van der Waals surface area contributed by atoms with E-state index in [1.165, 1.54) is 31.0 Å². The van der Waals surface area contributed by atoms with Gasteiger partial charge in [0.1, 0.15) is 0 Å². The van der Waals surface area contributed by atoms with E-state index in [1.54, 1.807) is 0 Å². The highest BCUT2D eigenvalue weighted by molar-refractivity contribution is 6.30. The van der Waals surface area contributed by atoms with Gasteiger partial charge in [-0.1, -0.05) is 11.6 Å². The molecule has 7 nitrogen and oxygen atoms in total. The molecule has 1 unspecified atom stereocenters. The second kappa shape index (κ2) is 11.1. The van der Waals surface area contributed by atoms with Crippen LogP contribution < -0.4 is 15.4 Å². The number of nitrogens with one attached hydrogen (secondary N) is 2. The summed E-state index contributed by atoms with van der Waals surface area (Å²) in [6.45, 7) is 2.82. The van der Waals surface area contributed by atoms with Gasteiger partial charge in [-0.2, -0.15) is 0 Å². The molecular formula is C16H23Cl2N3O4. The molecule has 0 aromatic heterocycles. The smallest absolute Gasteiger partial charge is 0.312 e. The Labute approximate surface area is 158 Å². The van der Waals surface area contributed by atoms with E-state index in [4.69, 9.17) is 16.3 Å². The fourth-order valence-electron chi connectivity index (χ4n) is 2.68. The van der Waals surface area contributed by atoms with E-state index in [0.29, 0.717) is 12.5 Å². The van der Waals surface area contributed by atoms with Crippen LogP contribution in [0.4, 0.5) is 5.69 Å². The molecule has 1 aliphatic heterocycles. The maximum Gasteiger partial charge on any atom is 0.312 e. The zero-order chi connectivity index (χ0) is 17.4. The van der Waals surface area contributed by atoms with Crippen LogP contribution in [0.5, 0.6) is 5.75 Å². The summed E-state index contributed by atoms with van der Waals surface area (Å²) in [5.41, 5.74) is -0.201. The van der Waals surface area contributed by atoms with Crippen molar-refractivity contribution in [2.75, 3.05) is 26.2 Å². The number of benzene rings is 1. The molecule has 1 aromatic rings. The summed E-state index contributed by atoms with van der Waals surface area (Å²) < 4.78 is 5.35. The number of carbonyl (C=O) groups excluding carboxylic acids is 1. The van der Waals surface area contributed by atoms with E-state index in [1.807, 2.05) is 0 Å². The zero-order valence-electron chi connectivity index (χ0n) is 13.8. The molecule has 1 amide bonds. The highest BCUT2D eigenvalue weighted by Crippen LogP contribution is 2.29. The van der Waals surface area contributed by atoms with Crippen molar-refractivity contribution in [1.82, 2.24) is 10.6 Å². The number of halogens is 2. The third-order valence-electron chi connectivity index (χ3n) is 3.98. The van der Waals surface area contributed by atoms with Crippen LogP contribution in [0.3, 0.4) is 0 Å². The minimum Gasteiger partial charge on any atom is -0.486 e. The average Bonchev–Trinajstić information content (AvgIpc) is 2.57. The van der Waals surface area contributed by atoms with Gasteiger partial charge in [0.15, 0.2) is 5.75 Å². The second-order valence-electron chi connectivity index (χ2n) is 5.82. The number of nitro groups is 1. The SMILES string of the molecule is Cl.O=C(CCOc1ccc(Cl)cc1[N+](=O)[O-])NCCC1CCCNC1. The van der Waals surface area contributed by atoms with Crippen molar-refractivity contribution in [3.05, 3.63) is 33.3 Å². The molecule has 2 N–H and O–H groups in total. The van der Waals surface area contributed by atoms with Crippen LogP contribution in [-0.2, 0) is 4.79 Å². The first-order chi connectivity index (χ1) is 11.6. The van der Waals surface area contributed by atoms with E-state index < -0.39 is 4.92 Å². The number of carbonyl (C=O) groups is 1. The topological polar surface area (TPSA) is 93.5 Å². The fraction of sp³-hybridized carbons (Fsp3) is 0.562. The number of ether oxygens (including phenoxy) is 1. The van der Waals surface area contributed by atoms with Gasteiger partial charge in [0.2, 0.25) is 5.91 Å². The minimum absolute atomic E-state index is 0. The minimum atomic E-state index is -0.556. The summed E-state index contributed by atoms with van der Waals surface area (Å²) in [5, 5.41) is 17.4. The van der Waals surface area contributed by atoms with Gasteiger partial charge in [-0.25, -0.2) is 0 Å². The summed E-state index contributed by atoms with van der Waals surface area (Å²) in [5.74, 6) is 0.618. The first-order valence-corrected chi connectivity index (χ1v) is 8.48. The summed E-state index contributed by atoms with van der Waals surface area (Å²) in [6.07, 6.45) is 3.50. The summed E-state index contributed by atoms with van der Waals surface area (Å²) in [4.78, 5) is 22.2. The van der Waals surface area contributed by atoms with Crippen molar-refractivity contribution in [2.45, 2.75) is 25.7 Å². The largest absolute Gasteiger partial charge is 0.486 e. The number of nitrogens with zero attached hydrogens (tertiary/aromatic N) is 1. The van der Waals surface area contributed by atoms with E-state index in [-0.39, 0.29) is 47.8 Å². The molecule has 140 valence electrons. The third kappa shape index (κ3) is 7.46. The second-order valence-corrected chi connectivity index (χ2v) is 6.26. The molecule has 1 saturated heterocycles. The number of nitro benzene ring substituents is 1. The number of rotatable bonds is 8. The van der Waals surface area contributed by atoms with Gasteiger partial charge < -0.3 is 15.4 Å². The van der Waals surface area contributed by atoms with E-state index in [9.17, 15) is 14.9 Å². The normalized spacial score (nSPS) is 16.6. The Morgan fingerprint density at radius 1 is 1.48 bits per heavy atom. The fourth-order valence-corrected chi connectivity index (χ4v) is 2.85. The zero-order valence-corrected chi connectivity index (χ0v) is 15.4. The highest BCUT2D eigenvalue weighted by atomic mass is 35.5. The highest BCUT2D eigenvalue weighted by Gasteiger charge is 2.16. The molecule has 1 atom stereocenters. The summed E-state index contributed by atoms with van der Waals surface area (Å²) in [6, 6.07) is 4.19. The van der Waals surface area contributed by atoms with Crippen LogP contribution in [-0.4, -0.2) is 37.1 Å². The van der Waals surface area contributed by atoms with Crippen molar-refractivity contribution >= 4 is 35.6 Å². The molecule has 0 aliphatic carbocycles. The van der Waals surface area contributed by atoms with Gasteiger partial charge in [-0.05, 0) is 50.4 Å². The summed E-state index contributed by atoms with van der Waals surface area (Å²) >= 11 is 5.74. The first-order valence-electron chi connectivity index (χ1n) is 8.10. The number of hydrogen-bond acceptors (Lipinski definition) is 5. The molecule has 0 radical (unpaired) electrons. The molecule has 0 saturated carbocycles. The lowest BCUT2D eigenvalue weighted by Gasteiger charge is -2.22. The van der Waals surface area contributed by atoms with Crippen molar-refractivity contribution in [1.29, 1.82) is 0 Å². The molecule has 1 heterocycles. The van der Waals surface area contributed by atoms with Crippen LogP contribution in [0.2, 0.25) is 5.02 Å². The van der Waals surface area contributed by atoms with Gasteiger partial charge in [0, 0.05) is 17.6 Å². The van der Waals surface area contributed by atoms with Gasteiger partial charge in [0.05, 0.1) is 18.0 Å². The molecule has 2 rings (SSSR count). The molecule has 1 fully saturated rings. The quantitative estimate of drug-likeness (QED) is 0.524. The van der Waals surface area contributed by atoms with Crippen molar-refractivity contribution < 1.29 is 14.5 Å². The Hall–Kier alpha value is -1.57. The van der Waals surface area contributed by atoms with E-state index >= 15 is 0 Å². The van der Waals surface area contributed by atoms with E-state index in [2.05, 4.69) is 10.6 Å². The van der Waals surface area contributed by atoms with Gasteiger partial charge in [-0.15, -0.1) is 12.4 Å². The predicted molar refractivity (Wildman–Crippen MR) is 98.7 cm³/mol. The molecular weight excluding hydrogens is 369 g/mol. The maximum atomic E-state index is 11.8. The molecule has 25 heavy (non-hydrogen) atoms. The van der Waals surface area contributed by atoms with Gasteiger partial charge >= 0.3 is 5.69 Å². The molecule has 1 aliphatic rings. The Morgan fingerprint density at radius 3 is 2.96 bits per heavy atom. The monoisotopic (exact) mass is 391 g/mol. The lowest BCUT2D eigenvalue weighted by atomic mass is 9.96. The van der Waals surface area contributed by atoms with Gasteiger partial charge in [-0.3, -0.25) is 14.9 Å². The van der Waals surface area contributed by atoms with Crippen LogP contribution in [0, 0.1) is 16.0 Å². The first kappa shape index (κ1) is 21.5. The Morgan fingerprint density at radius 2 is 2.28 bits per heavy atom. The molecule has 1 aromatic carbocycles. The van der Waals surface area contributed by atoms with Crippen molar-refractivity contribution in [3.8, 4) is 5.75 Å². The lowest BCUT2D eigenvalue weighted by molar-refractivity contribution is -0.385. The number of piperidine rings is 1. The van der Waals surface area contributed by atoms with Crippen LogP contribution in [0.1, 0.15) is 25.7 Å². The van der Waals surface area contributed by atoms with Crippen LogP contribution >= 0.6 is 24.0 Å². The Kier molecular flexibility index (Phi) is 9.55. The average molecular weight is 392 g/mol. The maximum absolute atomic E-state index is 11.8. The van der Waals surface area contributed by atoms with Gasteiger partial charge in [0.25, 0.3) is 0 Å². The van der Waals surface area contributed by atoms with Crippen LogP contribution in [0.25, 0.3) is 0 Å². The number of hydrogen-bond donors (Lipinski definition) is 2. The van der Waals surface area contributed by atoms with Crippen molar-refractivity contribution in [2.24, 2.45) is 5.92 Å². The molecule has 0 bridgehead atoms. The van der Waals surface area contributed by atoms with Crippen molar-refractivity contribution in [3.63, 3.8) is 0 Å². The van der Waals surface area contributed by atoms with E-state index in [0.717, 1.165) is 19.5 Å². The molecule has 0 spiro atoms. The standard InChI is InChI=1S/C16H22ClN3O4.ClH/c17-13-3-4-15(14(10-13)20(22)23)24-9-6-16(21)19-8-5-12-2-1-7-18-11-12;/h3-4,10,12,18H,1-2,5-9,11H2,(H,19,21);1H. The van der Waals surface area contributed by atoms with Crippen LogP contribution in [0.15, 0.2) is 18.2 Å².